The SMILES string of the molecule is COc1cc(-n2c(C(C)C)c(CC3(C(=O)O)CC3)c3cc4[nH]cnc4cc32)ccc1F. The fourth-order valence-electron chi connectivity index (χ4n) is 4.61. The normalized spacial score (nSPS) is 15.1. The highest BCUT2D eigenvalue weighted by Gasteiger charge is 2.51. The summed E-state index contributed by atoms with van der Waals surface area (Å²) in [5.41, 5.74) is 4.78. The number of H-pyrrole nitrogens is 1. The second-order valence-electron chi connectivity index (χ2n) is 8.72. The Morgan fingerprint density at radius 3 is 2.74 bits per heavy atom. The molecule has 0 spiro atoms. The molecule has 31 heavy (non-hydrogen) atoms. The number of hydrogen-bond acceptors (Lipinski definition) is 3. The molecule has 1 aliphatic carbocycles. The van der Waals surface area contributed by atoms with E-state index in [0.29, 0.717) is 19.3 Å². The predicted octanol–water partition coefficient (Wildman–Crippen LogP) is 5.19. The molecule has 6 nitrogen and oxygen atoms in total. The van der Waals surface area contributed by atoms with Gasteiger partial charge in [-0.2, -0.15) is 0 Å². The summed E-state index contributed by atoms with van der Waals surface area (Å²) < 4.78 is 21.5. The second kappa shape index (κ2) is 6.83. The van der Waals surface area contributed by atoms with Gasteiger partial charge in [-0.1, -0.05) is 13.8 Å². The number of methoxy groups -OCH3 is 1. The van der Waals surface area contributed by atoms with E-state index < -0.39 is 17.2 Å². The van der Waals surface area contributed by atoms with Crippen LogP contribution in [0.4, 0.5) is 4.39 Å². The number of nitrogens with zero attached hydrogens (tertiary/aromatic N) is 2. The Balaban J connectivity index is 1.85. The summed E-state index contributed by atoms with van der Waals surface area (Å²) in [6.45, 7) is 4.19. The lowest BCUT2D eigenvalue weighted by atomic mass is 9.91. The zero-order chi connectivity index (χ0) is 21.9. The summed E-state index contributed by atoms with van der Waals surface area (Å²) in [5, 5.41) is 10.8. The van der Waals surface area contributed by atoms with Crippen LogP contribution in [0.1, 0.15) is 43.9 Å². The van der Waals surface area contributed by atoms with E-state index in [1.807, 2.05) is 12.1 Å². The van der Waals surface area contributed by atoms with Gasteiger partial charge in [0.15, 0.2) is 11.6 Å². The van der Waals surface area contributed by atoms with Gasteiger partial charge in [0.05, 0.1) is 35.4 Å². The molecular weight excluding hydrogens is 397 g/mol. The number of imidazole rings is 1. The first-order valence-electron chi connectivity index (χ1n) is 10.4. The maximum atomic E-state index is 14.1. The van der Waals surface area contributed by atoms with Gasteiger partial charge in [-0.05, 0) is 55.0 Å². The third kappa shape index (κ3) is 2.99. The molecule has 2 heterocycles. The fraction of sp³-hybridized carbons (Fsp3) is 0.333. The Morgan fingerprint density at radius 2 is 2.10 bits per heavy atom. The highest BCUT2D eigenvalue weighted by molar-refractivity contribution is 5.98. The quantitative estimate of drug-likeness (QED) is 0.449. The fourth-order valence-corrected chi connectivity index (χ4v) is 4.61. The molecule has 2 N–H and O–H groups in total. The van der Waals surface area contributed by atoms with Gasteiger partial charge in [0, 0.05) is 22.8 Å². The van der Waals surface area contributed by atoms with Crippen molar-refractivity contribution in [1.29, 1.82) is 0 Å². The smallest absolute Gasteiger partial charge is 0.309 e. The molecule has 5 rings (SSSR count). The van der Waals surface area contributed by atoms with E-state index in [1.165, 1.54) is 13.2 Å². The van der Waals surface area contributed by atoms with Gasteiger partial charge in [-0.25, -0.2) is 9.37 Å². The number of ether oxygens (including phenoxy) is 1. The van der Waals surface area contributed by atoms with E-state index >= 15 is 0 Å². The van der Waals surface area contributed by atoms with E-state index in [2.05, 4.69) is 28.4 Å². The molecule has 1 saturated carbocycles. The van der Waals surface area contributed by atoms with Crippen molar-refractivity contribution in [2.75, 3.05) is 7.11 Å². The van der Waals surface area contributed by atoms with E-state index in [9.17, 15) is 14.3 Å². The maximum absolute atomic E-state index is 14.1. The summed E-state index contributed by atoms with van der Waals surface area (Å²) >= 11 is 0. The molecule has 2 aromatic carbocycles. The van der Waals surface area contributed by atoms with Crippen molar-refractivity contribution in [3.8, 4) is 11.4 Å². The first-order valence-corrected chi connectivity index (χ1v) is 10.4. The highest BCUT2D eigenvalue weighted by atomic mass is 19.1. The summed E-state index contributed by atoms with van der Waals surface area (Å²) in [5.74, 6) is -0.879. The topological polar surface area (TPSA) is 80.1 Å². The van der Waals surface area contributed by atoms with Gasteiger partial charge >= 0.3 is 5.97 Å². The number of hydrogen-bond donors (Lipinski definition) is 2. The largest absolute Gasteiger partial charge is 0.494 e. The van der Waals surface area contributed by atoms with Crippen LogP contribution in [-0.4, -0.2) is 32.7 Å². The molecule has 1 aliphatic rings. The zero-order valence-electron chi connectivity index (χ0n) is 17.7. The molecule has 0 atom stereocenters. The summed E-state index contributed by atoms with van der Waals surface area (Å²) in [6, 6.07) is 8.87. The number of nitrogens with one attached hydrogen (secondary N) is 1. The molecule has 0 bridgehead atoms. The first kappa shape index (κ1) is 19.6. The molecule has 7 heteroatoms. The van der Waals surface area contributed by atoms with Crippen LogP contribution in [0.3, 0.4) is 0 Å². The van der Waals surface area contributed by atoms with Gasteiger partial charge in [0.1, 0.15) is 0 Å². The molecule has 0 radical (unpaired) electrons. The summed E-state index contributed by atoms with van der Waals surface area (Å²) in [4.78, 5) is 19.6. The van der Waals surface area contributed by atoms with Crippen LogP contribution in [0.15, 0.2) is 36.7 Å². The Morgan fingerprint density at radius 1 is 1.32 bits per heavy atom. The molecule has 0 amide bonds. The molecular formula is C24H24FN3O3. The lowest BCUT2D eigenvalue weighted by Crippen LogP contribution is -2.18. The number of aromatic nitrogens is 3. The number of aliphatic carboxylic acids is 1. The van der Waals surface area contributed by atoms with Crippen LogP contribution < -0.4 is 4.74 Å². The van der Waals surface area contributed by atoms with Gasteiger partial charge < -0.3 is 19.4 Å². The first-order chi connectivity index (χ1) is 14.8. The Bertz CT molecular complexity index is 1330. The molecule has 0 aliphatic heterocycles. The molecule has 160 valence electrons. The number of benzene rings is 2. The zero-order valence-corrected chi connectivity index (χ0v) is 17.7. The van der Waals surface area contributed by atoms with E-state index in [-0.39, 0.29) is 11.7 Å². The molecule has 2 aromatic heterocycles. The standard InChI is InChI=1S/C24H24FN3O3/c1-13(2)22-16(11-24(6-7-24)23(29)30)15-9-18-19(27-12-26-18)10-20(15)28(22)14-4-5-17(25)21(8-14)31-3/h4-5,8-10,12-13H,6-7,11H2,1-3H3,(H,26,27)(H,29,30). The van der Waals surface area contributed by atoms with Crippen LogP contribution in [-0.2, 0) is 11.2 Å². The van der Waals surface area contributed by atoms with Crippen LogP contribution in [0, 0.1) is 11.2 Å². The maximum Gasteiger partial charge on any atom is 0.309 e. The van der Waals surface area contributed by atoms with Crippen molar-refractivity contribution in [2.45, 2.75) is 39.0 Å². The number of carboxylic acid groups (broad SMARTS) is 1. The third-order valence-corrected chi connectivity index (χ3v) is 6.42. The molecule has 4 aromatic rings. The second-order valence-corrected chi connectivity index (χ2v) is 8.72. The number of halogens is 1. The lowest BCUT2D eigenvalue weighted by Gasteiger charge is -2.18. The van der Waals surface area contributed by atoms with Gasteiger partial charge in [-0.15, -0.1) is 0 Å². The number of carbonyl (C=O) groups is 1. The van der Waals surface area contributed by atoms with Crippen molar-refractivity contribution >= 4 is 27.9 Å². The molecule has 0 saturated heterocycles. The number of aromatic amines is 1. The summed E-state index contributed by atoms with van der Waals surface area (Å²) in [7, 11) is 1.45. The number of fused-ring (bicyclic) bond motifs is 2. The van der Waals surface area contributed by atoms with Crippen molar-refractivity contribution in [3.63, 3.8) is 0 Å². The average Bonchev–Trinajstić information content (AvgIpc) is 3.28. The van der Waals surface area contributed by atoms with Gasteiger partial charge in [0.25, 0.3) is 0 Å². The third-order valence-electron chi connectivity index (χ3n) is 6.42. The van der Waals surface area contributed by atoms with E-state index in [4.69, 9.17) is 4.74 Å². The predicted molar refractivity (Wildman–Crippen MR) is 117 cm³/mol. The number of rotatable bonds is 6. The van der Waals surface area contributed by atoms with E-state index in [1.54, 1.807) is 18.5 Å². The average molecular weight is 421 g/mol. The Kier molecular flexibility index (Phi) is 4.32. The minimum Gasteiger partial charge on any atom is -0.494 e. The van der Waals surface area contributed by atoms with Gasteiger partial charge in [0.2, 0.25) is 0 Å². The van der Waals surface area contributed by atoms with E-state index in [0.717, 1.165) is 38.9 Å². The van der Waals surface area contributed by atoms with Crippen molar-refractivity contribution < 1.29 is 19.0 Å². The van der Waals surface area contributed by atoms with Crippen molar-refractivity contribution in [2.24, 2.45) is 5.41 Å². The van der Waals surface area contributed by atoms with Crippen LogP contribution in [0.25, 0.3) is 27.6 Å². The van der Waals surface area contributed by atoms with Crippen molar-refractivity contribution in [1.82, 2.24) is 14.5 Å². The summed E-state index contributed by atoms with van der Waals surface area (Å²) in [6.07, 6.45) is 3.49. The monoisotopic (exact) mass is 421 g/mol. The molecule has 0 unspecified atom stereocenters. The minimum atomic E-state index is -0.742. The Labute approximate surface area is 178 Å². The Hall–Kier alpha value is -3.35. The van der Waals surface area contributed by atoms with Crippen LogP contribution in [0.2, 0.25) is 0 Å². The van der Waals surface area contributed by atoms with Crippen molar-refractivity contribution in [3.05, 3.63) is 53.7 Å². The van der Waals surface area contributed by atoms with Crippen LogP contribution in [0.5, 0.6) is 5.75 Å². The number of carboxylic acids is 1. The van der Waals surface area contributed by atoms with Gasteiger partial charge in [-0.3, -0.25) is 4.79 Å². The molecule has 1 fully saturated rings. The highest BCUT2D eigenvalue weighted by Crippen LogP contribution is 2.51. The lowest BCUT2D eigenvalue weighted by molar-refractivity contribution is -0.143. The van der Waals surface area contributed by atoms with Crippen LogP contribution >= 0.6 is 0 Å². The minimum absolute atomic E-state index is 0.120.